The lowest BCUT2D eigenvalue weighted by Crippen LogP contribution is -2.27. The van der Waals surface area contributed by atoms with Gasteiger partial charge in [0.05, 0.1) is 17.1 Å². The number of sulfonamides is 1. The van der Waals surface area contributed by atoms with E-state index in [0.29, 0.717) is 11.1 Å². The molecule has 1 aromatic rings. The number of carboxylic acid groups (broad SMARTS) is 1. The number of aliphatic hydroxyl groups is 1. The van der Waals surface area contributed by atoms with E-state index in [1.165, 1.54) is 6.07 Å². The molecule has 0 aliphatic heterocycles. The van der Waals surface area contributed by atoms with Crippen molar-refractivity contribution in [3.63, 3.8) is 0 Å². The molecule has 0 heterocycles. The van der Waals surface area contributed by atoms with Gasteiger partial charge in [-0.1, -0.05) is 6.07 Å². The van der Waals surface area contributed by atoms with E-state index in [2.05, 4.69) is 4.72 Å². The summed E-state index contributed by atoms with van der Waals surface area (Å²) in [6.45, 7) is 2.76. The molecule has 7 heteroatoms. The third kappa shape index (κ3) is 3.06. The van der Waals surface area contributed by atoms with Crippen molar-refractivity contribution in [2.75, 3.05) is 13.2 Å². The highest BCUT2D eigenvalue weighted by atomic mass is 32.2. The van der Waals surface area contributed by atoms with Crippen LogP contribution in [0.4, 0.5) is 0 Å². The van der Waals surface area contributed by atoms with Gasteiger partial charge in [0, 0.05) is 6.54 Å². The van der Waals surface area contributed by atoms with Gasteiger partial charge in [-0.3, -0.25) is 0 Å². The lowest BCUT2D eigenvalue weighted by molar-refractivity contribution is 0.0696. The van der Waals surface area contributed by atoms with E-state index < -0.39 is 16.0 Å². The fraction of sp³-hybridized carbons (Fsp3) is 0.364. The minimum absolute atomic E-state index is 0.0510. The molecule has 6 nitrogen and oxygen atoms in total. The Bertz CT molecular complexity index is 565. The van der Waals surface area contributed by atoms with E-state index in [4.69, 9.17) is 10.2 Å². The smallest absolute Gasteiger partial charge is 0.335 e. The maximum atomic E-state index is 11.9. The fourth-order valence-electron chi connectivity index (χ4n) is 1.61. The van der Waals surface area contributed by atoms with Crippen LogP contribution in [0.5, 0.6) is 0 Å². The number of hydrogen-bond donors (Lipinski definition) is 3. The van der Waals surface area contributed by atoms with E-state index in [0.717, 1.165) is 6.07 Å². The number of carbonyl (C=O) groups is 1. The Balaban J connectivity index is 3.33. The zero-order valence-electron chi connectivity index (χ0n) is 10.1. The highest BCUT2D eigenvalue weighted by molar-refractivity contribution is 7.89. The molecule has 0 aliphatic carbocycles. The van der Waals surface area contributed by atoms with Gasteiger partial charge in [0.15, 0.2) is 0 Å². The lowest BCUT2D eigenvalue weighted by Gasteiger charge is -2.11. The van der Waals surface area contributed by atoms with Crippen LogP contribution in [0.15, 0.2) is 17.0 Å². The number of carboxylic acids is 1. The first-order valence-corrected chi connectivity index (χ1v) is 6.73. The van der Waals surface area contributed by atoms with Crippen LogP contribution in [-0.4, -0.2) is 37.8 Å². The van der Waals surface area contributed by atoms with Gasteiger partial charge in [0.1, 0.15) is 0 Å². The van der Waals surface area contributed by atoms with Crippen LogP contribution >= 0.6 is 0 Å². The normalized spacial score (nSPS) is 11.5. The third-order valence-corrected chi connectivity index (χ3v) is 4.05. The summed E-state index contributed by atoms with van der Waals surface area (Å²) in [7, 11) is -3.80. The standard InChI is InChI=1S/C11H15NO5S/c1-7-5-8(2)10(6-9(7)11(14)15)18(16,17)12-3-4-13/h5-6,12-13H,3-4H2,1-2H3,(H,14,15). The van der Waals surface area contributed by atoms with Gasteiger partial charge >= 0.3 is 5.97 Å². The van der Waals surface area contributed by atoms with Crippen LogP contribution in [0.25, 0.3) is 0 Å². The Kier molecular flexibility index (Phi) is 4.44. The Hall–Kier alpha value is -1.44. The molecule has 0 atom stereocenters. The zero-order chi connectivity index (χ0) is 13.9. The maximum Gasteiger partial charge on any atom is 0.335 e. The average Bonchev–Trinajstić information content (AvgIpc) is 2.25. The molecule has 0 aliphatic rings. The summed E-state index contributed by atoms with van der Waals surface area (Å²) in [5.74, 6) is -1.17. The Morgan fingerprint density at radius 3 is 2.39 bits per heavy atom. The highest BCUT2D eigenvalue weighted by Gasteiger charge is 2.20. The largest absolute Gasteiger partial charge is 0.478 e. The van der Waals surface area contributed by atoms with Crippen LogP contribution in [0.2, 0.25) is 0 Å². The lowest BCUT2D eigenvalue weighted by atomic mass is 10.1. The molecule has 100 valence electrons. The Morgan fingerprint density at radius 2 is 1.89 bits per heavy atom. The zero-order valence-corrected chi connectivity index (χ0v) is 10.9. The Morgan fingerprint density at radius 1 is 1.28 bits per heavy atom. The first-order valence-electron chi connectivity index (χ1n) is 5.24. The molecule has 0 amide bonds. The molecule has 0 unspecified atom stereocenters. The van der Waals surface area contributed by atoms with Gasteiger partial charge in [0.25, 0.3) is 0 Å². The van der Waals surface area contributed by atoms with Gasteiger partial charge in [-0.25, -0.2) is 17.9 Å². The second-order valence-electron chi connectivity index (χ2n) is 3.86. The number of hydrogen-bond acceptors (Lipinski definition) is 4. The number of nitrogens with one attached hydrogen (secondary N) is 1. The summed E-state index contributed by atoms with van der Waals surface area (Å²) in [4.78, 5) is 10.9. The SMILES string of the molecule is Cc1cc(C)c(S(=O)(=O)NCCO)cc1C(=O)O. The van der Waals surface area contributed by atoms with E-state index in [1.54, 1.807) is 13.8 Å². The molecule has 1 aromatic carbocycles. The average molecular weight is 273 g/mol. The molecular formula is C11H15NO5S. The van der Waals surface area contributed by atoms with E-state index in [1.807, 2.05) is 0 Å². The highest BCUT2D eigenvalue weighted by Crippen LogP contribution is 2.20. The van der Waals surface area contributed by atoms with Gasteiger partial charge in [0.2, 0.25) is 10.0 Å². The molecule has 0 saturated carbocycles. The van der Waals surface area contributed by atoms with Gasteiger partial charge in [-0.2, -0.15) is 0 Å². The van der Waals surface area contributed by atoms with Crippen molar-refractivity contribution in [3.8, 4) is 0 Å². The summed E-state index contributed by atoms with van der Waals surface area (Å²) in [6.07, 6.45) is 0. The molecule has 18 heavy (non-hydrogen) atoms. The molecule has 3 N–H and O–H groups in total. The van der Waals surface area contributed by atoms with Crippen molar-refractivity contribution >= 4 is 16.0 Å². The number of aryl methyl sites for hydroxylation is 2. The van der Waals surface area contributed by atoms with Crippen LogP contribution < -0.4 is 4.72 Å². The van der Waals surface area contributed by atoms with Crippen molar-refractivity contribution in [2.24, 2.45) is 0 Å². The minimum Gasteiger partial charge on any atom is -0.478 e. The minimum atomic E-state index is -3.80. The number of rotatable bonds is 5. The summed E-state index contributed by atoms with van der Waals surface area (Å²) >= 11 is 0. The van der Waals surface area contributed by atoms with Crippen LogP contribution in [0, 0.1) is 13.8 Å². The molecule has 1 rings (SSSR count). The van der Waals surface area contributed by atoms with Crippen LogP contribution in [0.3, 0.4) is 0 Å². The molecular weight excluding hydrogens is 258 g/mol. The number of aliphatic hydroxyl groups excluding tert-OH is 1. The molecule has 0 aromatic heterocycles. The van der Waals surface area contributed by atoms with Crippen molar-refractivity contribution < 1.29 is 23.4 Å². The van der Waals surface area contributed by atoms with Crippen LogP contribution in [0.1, 0.15) is 21.5 Å². The summed E-state index contributed by atoms with van der Waals surface area (Å²) in [5, 5.41) is 17.6. The van der Waals surface area contributed by atoms with Crippen molar-refractivity contribution in [1.82, 2.24) is 4.72 Å². The van der Waals surface area contributed by atoms with Crippen molar-refractivity contribution in [3.05, 3.63) is 28.8 Å². The third-order valence-electron chi connectivity index (χ3n) is 2.45. The summed E-state index contributed by atoms with van der Waals surface area (Å²) in [5.41, 5.74) is 0.911. The topological polar surface area (TPSA) is 104 Å². The van der Waals surface area contributed by atoms with Crippen molar-refractivity contribution in [1.29, 1.82) is 0 Å². The van der Waals surface area contributed by atoms with Crippen LogP contribution in [-0.2, 0) is 10.0 Å². The second-order valence-corrected chi connectivity index (χ2v) is 5.59. The first kappa shape index (κ1) is 14.6. The van der Waals surface area contributed by atoms with E-state index >= 15 is 0 Å². The summed E-state index contributed by atoms with van der Waals surface area (Å²) in [6, 6.07) is 2.64. The van der Waals surface area contributed by atoms with E-state index in [-0.39, 0.29) is 23.6 Å². The Labute approximate surface area is 105 Å². The quantitative estimate of drug-likeness (QED) is 0.714. The molecule has 0 saturated heterocycles. The fourth-order valence-corrected chi connectivity index (χ4v) is 2.88. The number of benzene rings is 1. The van der Waals surface area contributed by atoms with Gasteiger partial charge < -0.3 is 10.2 Å². The molecule has 0 radical (unpaired) electrons. The monoisotopic (exact) mass is 273 g/mol. The maximum absolute atomic E-state index is 11.9. The predicted octanol–water partition coefficient (Wildman–Crippen LogP) is 0.272. The van der Waals surface area contributed by atoms with Gasteiger partial charge in [-0.15, -0.1) is 0 Å². The second kappa shape index (κ2) is 5.47. The number of aromatic carboxylic acids is 1. The summed E-state index contributed by atoms with van der Waals surface area (Å²) < 4.78 is 25.9. The molecule has 0 fully saturated rings. The predicted molar refractivity (Wildman–Crippen MR) is 65.1 cm³/mol. The van der Waals surface area contributed by atoms with E-state index in [9.17, 15) is 13.2 Å². The van der Waals surface area contributed by atoms with Crippen molar-refractivity contribution in [2.45, 2.75) is 18.7 Å². The van der Waals surface area contributed by atoms with Gasteiger partial charge in [-0.05, 0) is 31.0 Å². The molecule has 0 bridgehead atoms. The first-order chi connectivity index (χ1) is 8.29. The molecule has 0 spiro atoms.